The molecule has 0 bridgehead atoms. The Balaban J connectivity index is 2.25. The number of primary amides is 1. The predicted octanol–water partition coefficient (Wildman–Crippen LogP) is 0.427. The smallest absolute Gasteiger partial charge is 0.239 e. The zero-order valence-electron chi connectivity index (χ0n) is 10.1. The molecule has 0 aromatic heterocycles. The monoisotopic (exact) mass is 233 g/mol. The number of amides is 1. The molecule has 0 saturated carbocycles. The second-order valence-electron chi connectivity index (χ2n) is 4.51. The average molecular weight is 233 g/mol. The Labute approximate surface area is 102 Å². The molecule has 2 rings (SSSR count). The molecule has 0 spiro atoms. The summed E-state index contributed by atoms with van der Waals surface area (Å²) in [5, 5.41) is 3.28. The van der Waals surface area contributed by atoms with E-state index in [0.717, 1.165) is 37.3 Å². The fourth-order valence-electron chi connectivity index (χ4n) is 2.34. The molecule has 4 nitrogen and oxygen atoms in total. The summed E-state index contributed by atoms with van der Waals surface area (Å²) in [4.78, 5) is 13.8. The number of hydrogen-bond acceptors (Lipinski definition) is 3. The third-order valence-electron chi connectivity index (χ3n) is 3.14. The van der Waals surface area contributed by atoms with E-state index < -0.39 is 0 Å². The van der Waals surface area contributed by atoms with E-state index in [-0.39, 0.29) is 11.9 Å². The summed E-state index contributed by atoms with van der Waals surface area (Å²) in [6, 6.07) is 7.72. The predicted molar refractivity (Wildman–Crippen MR) is 67.6 cm³/mol. The maximum atomic E-state index is 11.7. The zero-order chi connectivity index (χ0) is 12.3. The van der Waals surface area contributed by atoms with Gasteiger partial charge in [-0.05, 0) is 12.5 Å². The number of carbonyl (C=O) groups is 1. The standard InChI is InChI=1S/C13H19N3O/c1-10-3-2-4-11(9-10)12(13(14)17)16-7-5-15-6-8-16/h2-4,9,12,15H,5-8H2,1H3,(H2,14,17)/t12-/m1/s1. The second-order valence-corrected chi connectivity index (χ2v) is 4.51. The van der Waals surface area contributed by atoms with Crippen LogP contribution in [0, 0.1) is 6.92 Å². The molecule has 4 heteroatoms. The van der Waals surface area contributed by atoms with Crippen molar-refractivity contribution in [3.05, 3.63) is 35.4 Å². The lowest BCUT2D eigenvalue weighted by Gasteiger charge is -2.33. The van der Waals surface area contributed by atoms with Gasteiger partial charge in [-0.15, -0.1) is 0 Å². The minimum Gasteiger partial charge on any atom is -0.368 e. The Hall–Kier alpha value is -1.39. The van der Waals surface area contributed by atoms with E-state index in [1.54, 1.807) is 0 Å². The zero-order valence-corrected chi connectivity index (χ0v) is 10.1. The molecule has 1 amide bonds. The maximum Gasteiger partial charge on any atom is 0.239 e. The summed E-state index contributed by atoms with van der Waals surface area (Å²) in [6.07, 6.45) is 0. The number of carbonyl (C=O) groups excluding carboxylic acids is 1. The molecule has 1 saturated heterocycles. The highest BCUT2D eigenvalue weighted by atomic mass is 16.1. The van der Waals surface area contributed by atoms with Gasteiger partial charge in [0.15, 0.2) is 0 Å². The first-order chi connectivity index (χ1) is 8.18. The summed E-state index contributed by atoms with van der Waals surface area (Å²) >= 11 is 0. The highest BCUT2D eigenvalue weighted by molar-refractivity contribution is 5.81. The number of hydrogen-bond donors (Lipinski definition) is 2. The van der Waals surface area contributed by atoms with Gasteiger partial charge in [0.2, 0.25) is 5.91 Å². The van der Waals surface area contributed by atoms with Crippen molar-refractivity contribution in [3.8, 4) is 0 Å². The Morgan fingerprint density at radius 1 is 1.41 bits per heavy atom. The summed E-state index contributed by atoms with van der Waals surface area (Å²) in [6.45, 7) is 5.58. The third-order valence-corrected chi connectivity index (χ3v) is 3.14. The van der Waals surface area contributed by atoms with Gasteiger partial charge in [0, 0.05) is 26.2 Å². The van der Waals surface area contributed by atoms with E-state index in [9.17, 15) is 4.79 Å². The highest BCUT2D eigenvalue weighted by Gasteiger charge is 2.26. The Morgan fingerprint density at radius 2 is 2.12 bits per heavy atom. The molecule has 92 valence electrons. The van der Waals surface area contributed by atoms with Crippen molar-refractivity contribution in [2.45, 2.75) is 13.0 Å². The molecular formula is C13H19N3O. The van der Waals surface area contributed by atoms with Crippen LogP contribution in [-0.2, 0) is 4.79 Å². The molecule has 1 atom stereocenters. The normalized spacial score (nSPS) is 18.9. The first-order valence-corrected chi connectivity index (χ1v) is 5.99. The topological polar surface area (TPSA) is 58.4 Å². The van der Waals surface area contributed by atoms with E-state index in [1.165, 1.54) is 0 Å². The van der Waals surface area contributed by atoms with E-state index in [4.69, 9.17) is 5.73 Å². The largest absolute Gasteiger partial charge is 0.368 e. The van der Waals surface area contributed by atoms with Crippen molar-refractivity contribution in [2.75, 3.05) is 26.2 Å². The van der Waals surface area contributed by atoms with Gasteiger partial charge in [0.1, 0.15) is 6.04 Å². The van der Waals surface area contributed by atoms with Gasteiger partial charge < -0.3 is 11.1 Å². The van der Waals surface area contributed by atoms with Crippen LogP contribution in [0.15, 0.2) is 24.3 Å². The maximum absolute atomic E-state index is 11.7. The van der Waals surface area contributed by atoms with Crippen molar-refractivity contribution in [1.82, 2.24) is 10.2 Å². The fourth-order valence-corrected chi connectivity index (χ4v) is 2.34. The Morgan fingerprint density at radius 3 is 2.71 bits per heavy atom. The number of piperazine rings is 1. The molecular weight excluding hydrogens is 214 g/mol. The first-order valence-electron chi connectivity index (χ1n) is 5.99. The van der Waals surface area contributed by atoms with Crippen LogP contribution >= 0.6 is 0 Å². The summed E-state index contributed by atoms with van der Waals surface area (Å²) in [7, 11) is 0. The molecule has 3 N–H and O–H groups in total. The van der Waals surface area contributed by atoms with Crippen LogP contribution in [-0.4, -0.2) is 37.0 Å². The molecule has 1 aromatic rings. The Bertz CT molecular complexity index is 399. The van der Waals surface area contributed by atoms with Gasteiger partial charge in [-0.3, -0.25) is 9.69 Å². The lowest BCUT2D eigenvalue weighted by atomic mass is 10.0. The fraction of sp³-hybridized carbons (Fsp3) is 0.462. The Kier molecular flexibility index (Phi) is 3.76. The van der Waals surface area contributed by atoms with Gasteiger partial charge in [0.05, 0.1) is 0 Å². The van der Waals surface area contributed by atoms with Crippen molar-refractivity contribution < 1.29 is 4.79 Å². The van der Waals surface area contributed by atoms with Gasteiger partial charge in [0.25, 0.3) is 0 Å². The van der Waals surface area contributed by atoms with Gasteiger partial charge >= 0.3 is 0 Å². The van der Waals surface area contributed by atoms with Gasteiger partial charge in [-0.25, -0.2) is 0 Å². The number of nitrogens with one attached hydrogen (secondary N) is 1. The van der Waals surface area contributed by atoms with Crippen LogP contribution < -0.4 is 11.1 Å². The summed E-state index contributed by atoms with van der Waals surface area (Å²) < 4.78 is 0. The summed E-state index contributed by atoms with van der Waals surface area (Å²) in [5.74, 6) is -0.266. The van der Waals surface area contributed by atoms with E-state index >= 15 is 0 Å². The molecule has 1 heterocycles. The molecule has 0 aliphatic carbocycles. The lowest BCUT2D eigenvalue weighted by Crippen LogP contribution is -2.48. The van der Waals surface area contributed by atoms with Crippen LogP contribution in [0.1, 0.15) is 17.2 Å². The molecule has 1 aromatic carbocycles. The number of nitrogens with zero attached hydrogens (tertiary/aromatic N) is 1. The third kappa shape index (κ3) is 2.84. The minimum absolute atomic E-state index is 0.266. The lowest BCUT2D eigenvalue weighted by molar-refractivity contribution is -0.123. The van der Waals surface area contributed by atoms with Gasteiger partial charge in [-0.1, -0.05) is 29.8 Å². The molecule has 0 radical (unpaired) electrons. The van der Waals surface area contributed by atoms with Crippen LogP contribution in [0.3, 0.4) is 0 Å². The van der Waals surface area contributed by atoms with Crippen molar-refractivity contribution in [3.63, 3.8) is 0 Å². The van der Waals surface area contributed by atoms with Crippen LogP contribution in [0.5, 0.6) is 0 Å². The van der Waals surface area contributed by atoms with E-state index in [0.29, 0.717) is 0 Å². The van der Waals surface area contributed by atoms with Crippen LogP contribution in [0.4, 0.5) is 0 Å². The highest BCUT2D eigenvalue weighted by Crippen LogP contribution is 2.21. The van der Waals surface area contributed by atoms with E-state index in [2.05, 4.69) is 10.2 Å². The average Bonchev–Trinajstić information content (AvgIpc) is 2.30. The molecule has 17 heavy (non-hydrogen) atoms. The van der Waals surface area contributed by atoms with Crippen LogP contribution in [0.25, 0.3) is 0 Å². The number of benzene rings is 1. The van der Waals surface area contributed by atoms with Crippen molar-refractivity contribution in [1.29, 1.82) is 0 Å². The van der Waals surface area contributed by atoms with Crippen LogP contribution in [0.2, 0.25) is 0 Å². The quantitative estimate of drug-likeness (QED) is 0.796. The SMILES string of the molecule is Cc1cccc([C@H](C(N)=O)N2CCNCC2)c1. The molecule has 0 unspecified atom stereocenters. The van der Waals surface area contributed by atoms with Crippen molar-refractivity contribution in [2.24, 2.45) is 5.73 Å². The van der Waals surface area contributed by atoms with Gasteiger partial charge in [-0.2, -0.15) is 0 Å². The number of nitrogens with two attached hydrogens (primary N) is 1. The number of rotatable bonds is 3. The molecule has 1 fully saturated rings. The minimum atomic E-state index is -0.294. The first kappa shape index (κ1) is 12.1. The number of aryl methyl sites for hydroxylation is 1. The summed E-state index contributed by atoms with van der Waals surface area (Å²) in [5.41, 5.74) is 7.70. The molecule has 1 aliphatic heterocycles. The van der Waals surface area contributed by atoms with Crippen molar-refractivity contribution >= 4 is 5.91 Å². The molecule has 1 aliphatic rings. The second kappa shape index (κ2) is 5.29. The van der Waals surface area contributed by atoms with E-state index in [1.807, 2.05) is 31.2 Å².